The van der Waals surface area contributed by atoms with Crippen molar-refractivity contribution in [3.05, 3.63) is 17.7 Å². The Morgan fingerprint density at radius 1 is 1.44 bits per heavy atom. The highest BCUT2D eigenvalue weighted by molar-refractivity contribution is 5.07. The van der Waals surface area contributed by atoms with Gasteiger partial charge in [0.2, 0.25) is 0 Å². The van der Waals surface area contributed by atoms with Crippen molar-refractivity contribution in [2.45, 2.75) is 59.7 Å². The Kier molecular flexibility index (Phi) is 5.35. The highest BCUT2D eigenvalue weighted by Gasteiger charge is 2.12. The number of nitrogens with one attached hydrogen (secondary N) is 1. The zero-order valence-corrected chi connectivity index (χ0v) is 12.6. The van der Waals surface area contributed by atoms with Crippen LogP contribution in [0.25, 0.3) is 0 Å². The zero-order chi connectivity index (χ0) is 13.8. The van der Waals surface area contributed by atoms with Crippen LogP contribution in [-0.2, 0) is 11.3 Å². The van der Waals surface area contributed by atoms with Gasteiger partial charge in [0.25, 0.3) is 0 Å². The van der Waals surface area contributed by atoms with Gasteiger partial charge < -0.3 is 14.6 Å². The van der Waals surface area contributed by atoms with Crippen LogP contribution in [0.1, 0.15) is 52.2 Å². The predicted molar refractivity (Wildman–Crippen MR) is 74.8 cm³/mol. The largest absolute Gasteiger partial charge is 0.374 e. The number of hydrogen-bond acceptors (Lipinski definition) is 3. The summed E-state index contributed by atoms with van der Waals surface area (Å²) in [5, 5.41) is 3.38. The Morgan fingerprint density at radius 2 is 2.11 bits per heavy atom. The third kappa shape index (κ3) is 4.78. The Morgan fingerprint density at radius 3 is 2.67 bits per heavy atom. The predicted octanol–water partition coefficient (Wildman–Crippen LogP) is 2.68. The molecule has 104 valence electrons. The summed E-state index contributed by atoms with van der Waals surface area (Å²) in [7, 11) is 0. The maximum Gasteiger partial charge on any atom is 0.105 e. The van der Waals surface area contributed by atoms with Crippen LogP contribution in [0.4, 0.5) is 0 Å². The number of rotatable bonds is 6. The first-order valence-electron chi connectivity index (χ1n) is 6.74. The first-order chi connectivity index (χ1) is 8.33. The highest BCUT2D eigenvalue weighted by atomic mass is 16.5. The molecule has 1 heterocycles. The standard InChI is InChI=1S/C14H27N3O/c1-7-15-11(2)13-10-17(12(3)16-13)8-9-18-14(4,5)6/h10-11,15H,7-9H2,1-6H3. The third-order valence-electron chi connectivity index (χ3n) is 2.82. The molecule has 0 aromatic carbocycles. The number of imidazole rings is 1. The molecule has 0 fully saturated rings. The molecule has 0 aliphatic rings. The number of aryl methyl sites for hydroxylation is 1. The third-order valence-corrected chi connectivity index (χ3v) is 2.82. The molecule has 0 bridgehead atoms. The topological polar surface area (TPSA) is 39.1 Å². The van der Waals surface area contributed by atoms with Gasteiger partial charge in [-0.05, 0) is 41.2 Å². The van der Waals surface area contributed by atoms with E-state index in [-0.39, 0.29) is 5.60 Å². The number of nitrogens with zero attached hydrogens (tertiary/aromatic N) is 2. The molecular formula is C14H27N3O. The molecule has 0 aliphatic heterocycles. The summed E-state index contributed by atoms with van der Waals surface area (Å²) in [5.41, 5.74) is 1.03. The van der Waals surface area contributed by atoms with E-state index in [1.165, 1.54) is 0 Å². The summed E-state index contributed by atoms with van der Waals surface area (Å²) in [6.45, 7) is 15.0. The highest BCUT2D eigenvalue weighted by Crippen LogP contribution is 2.12. The molecule has 1 atom stereocenters. The van der Waals surface area contributed by atoms with E-state index in [0.717, 1.165) is 31.2 Å². The fourth-order valence-electron chi connectivity index (χ4n) is 1.83. The van der Waals surface area contributed by atoms with Crippen LogP contribution in [0.3, 0.4) is 0 Å². The van der Waals surface area contributed by atoms with Crippen LogP contribution < -0.4 is 5.32 Å². The van der Waals surface area contributed by atoms with Crippen molar-refractivity contribution >= 4 is 0 Å². The van der Waals surface area contributed by atoms with Crippen molar-refractivity contribution in [3.63, 3.8) is 0 Å². The Hall–Kier alpha value is -0.870. The van der Waals surface area contributed by atoms with E-state index in [1.807, 2.05) is 6.92 Å². The van der Waals surface area contributed by atoms with Gasteiger partial charge in [0, 0.05) is 18.8 Å². The second-order valence-electron chi connectivity index (χ2n) is 5.65. The quantitative estimate of drug-likeness (QED) is 0.847. The van der Waals surface area contributed by atoms with E-state index in [4.69, 9.17) is 4.74 Å². The van der Waals surface area contributed by atoms with Crippen LogP contribution in [-0.4, -0.2) is 28.3 Å². The molecule has 1 N–H and O–H groups in total. The number of aromatic nitrogens is 2. The van der Waals surface area contributed by atoms with Gasteiger partial charge in [0.15, 0.2) is 0 Å². The van der Waals surface area contributed by atoms with E-state index < -0.39 is 0 Å². The first-order valence-corrected chi connectivity index (χ1v) is 6.74. The Labute approximate surface area is 111 Å². The number of hydrogen-bond donors (Lipinski definition) is 1. The van der Waals surface area contributed by atoms with Crippen LogP contribution in [0.15, 0.2) is 6.20 Å². The van der Waals surface area contributed by atoms with Gasteiger partial charge in [-0.2, -0.15) is 0 Å². The average Bonchev–Trinajstić information content (AvgIpc) is 2.59. The lowest BCUT2D eigenvalue weighted by Gasteiger charge is -2.19. The second-order valence-corrected chi connectivity index (χ2v) is 5.65. The molecule has 1 aromatic rings. The lowest BCUT2D eigenvalue weighted by molar-refractivity contribution is -0.00701. The van der Waals surface area contributed by atoms with Crippen molar-refractivity contribution in [2.24, 2.45) is 0 Å². The molecule has 0 radical (unpaired) electrons. The summed E-state index contributed by atoms with van der Waals surface area (Å²) in [6.07, 6.45) is 2.12. The lowest BCUT2D eigenvalue weighted by Crippen LogP contribution is -2.22. The number of ether oxygens (including phenoxy) is 1. The molecule has 1 unspecified atom stereocenters. The second kappa shape index (κ2) is 6.34. The first kappa shape index (κ1) is 15.2. The van der Waals surface area contributed by atoms with Crippen LogP contribution >= 0.6 is 0 Å². The lowest BCUT2D eigenvalue weighted by atomic mass is 10.2. The SMILES string of the molecule is CCNC(C)c1cn(CCOC(C)(C)C)c(C)n1. The van der Waals surface area contributed by atoms with Crippen LogP contribution in [0.2, 0.25) is 0 Å². The monoisotopic (exact) mass is 253 g/mol. The Balaban J connectivity index is 2.56. The van der Waals surface area contributed by atoms with Crippen molar-refractivity contribution in [3.8, 4) is 0 Å². The molecule has 4 heteroatoms. The van der Waals surface area contributed by atoms with Gasteiger partial charge in [-0.1, -0.05) is 6.92 Å². The summed E-state index contributed by atoms with van der Waals surface area (Å²) in [5.74, 6) is 1.05. The van der Waals surface area contributed by atoms with Crippen molar-refractivity contribution < 1.29 is 4.74 Å². The fourth-order valence-corrected chi connectivity index (χ4v) is 1.83. The minimum atomic E-state index is -0.0750. The van der Waals surface area contributed by atoms with Gasteiger partial charge >= 0.3 is 0 Å². The molecule has 0 amide bonds. The minimum absolute atomic E-state index is 0.0750. The minimum Gasteiger partial charge on any atom is -0.374 e. The molecule has 18 heavy (non-hydrogen) atoms. The Bertz CT molecular complexity index is 366. The molecular weight excluding hydrogens is 226 g/mol. The molecule has 0 spiro atoms. The van der Waals surface area contributed by atoms with Crippen molar-refractivity contribution in [1.82, 2.24) is 14.9 Å². The average molecular weight is 253 g/mol. The molecule has 1 aromatic heterocycles. The zero-order valence-electron chi connectivity index (χ0n) is 12.6. The molecule has 4 nitrogen and oxygen atoms in total. The molecule has 1 rings (SSSR count). The van der Waals surface area contributed by atoms with Gasteiger partial charge in [-0.15, -0.1) is 0 Å². The summed E-state index contributed by atoms with van der Waals surface area (Å²) in [4.78, 5) is 4.59. The van der Waals surface area contributed by atoms with E-state index in [0.29, 0.717) is 6.04 Å². The van der Waals surface area contributed by atoms with Crippen LogP contribution in [0.5, 0.6) is 0 Å². The van der Waals surface area contributed by atoms with Crippen molar-refractivity contribution in [1.29, 1.82) is 0 Å². The van der Waals surface area contributed by atoms with Gasteiger partial charge in [0.05, 0.1) is 17.9 Å². The summed E-state index contributed by atoms with van der Waals surface area (Å²) in [6, 6.07) is 0.304. The van der Waals surface area contributed by atoms with Crippen LogP contribution in [0, 0.1) is 6.92 Å². The fraction of sp³-hybridized carbons (Fsp3) is 0.786. The maximum absolute atomic E-state index is 5.74. The summed E-state index contributed by atoms with van der Waals surface area (Å²) >= 11 is 0. The maximum atomic E-state index is 5.74. The molecule has 0 saturated heterocycles. The summed E-state index contributed by atoms with van der Waals surface area (Å²) < 4.78 is 7.90. The molecule has 0 saturated carbocycles. The van der Waals surface area contributed by atoms with Gasteiger partial charge in [-0.25, -0.2) is 4.98 Å². The van der Waals surface area contributed by atoms with Gasteiger partial charge in [0.1, 0.15) is 5.82 Å². The normalized spacial score (nSPS) is 13.9. The van der Waals surface area contributed by atoms with Gasteiger partial charge in [-0.3, -0.25) is 0 Å². The van der Waals surface area contributed by atoms with E-state index in [1.54, 1.807) is 0 Å². The molecule has 0 aliphatic carbocycles. The van der Waals surface area contributed by atoms with E-state index in [2.05, 4.69) is 55.7 Å². The van der Waals surface area contributed by atoms with E-state index >= 15 is 0 Å². The van der Waals surface area contributed by atoms with Crippen molar-refractivity contribution in [2.75, 3.05) is 13.2 Å². The smallest absolute Gasteiger partial charge is 0.105 e. The van der Waals surface area contributed by atoms with E-state index in [9.17, 15) is 0 Å².